The molecule has 0 aromatic carbocycles. The average Bonchev–Trinajstić information content (AvgIpc) is 2.88. The van der Waals surface area contributed by atoms with Gasteiger partial charge in [0.1, 0.15) is 0 Å². The van der Waals surface area contributed by atoms with Gasteiger partial charge in [0.2, 0.25) is 0 Å². The van der Waals surface area contributed by atoms with Crippen molar-refractivity contribution in [2.24, 2.45) is 35.0 Å². The van der Waals surface area contributed by atoms with E-state index in [1.807, 2.05) is 0 Å². The molecule has 35 heavy (non-hydrogen) atoms. The van der Waals surface area contributed by atoms with Crippen molar-refractivity contribution in [3.05, 3.63) is 12.2 Å². The Hall–Kier alpha value is -1.40. The SMILES string of the molecule is C=C(CO)C(=O)OCC(COC(=O)C(C)(C)CO)C1CCC(C2CCC(CCCCC)CC2)CC1. The van der Waals surface area contributed by atoms with Crippen LogP contribution in [0.15, 0.2) is 12.2 Å². The third kappa shape index (κ3) is 9.53. The van der Waals surface area contributed by atoms with Gasteiger partial charge in [0.25, 0.3) is 0 Å². The molecule has 2 aliphatic carbocycles. The van der Waals surface area contributed by atoms with Gasteiger partial charge in [-0.2, -0.15) is 0 Å². The highest BCUT2D eigenvalue weighted by Crippen LogP contribution is 2.44. The van der Waals surface area contributed by atoms with E-state index in [2.05, 4.69) is 13.5 Å². The third-order valence-electron chi connectivity index (χ3n) is 8.54. The zero-order valence-corrected chi connectivity index (χ0v) is 22.4. The summed E-state index contributed by atoms with van der Waals surface area (Å²) >= 11 is 0. The normalized spacial score (nSPS) is 26.1. The number of carbonyl (C=O) groups excluding carboxylic acids is 2. The van der Waals surface area contributed by atoms with Gasteiger partial charge in [0.05, 0.1) is 37.4 Å². The van der Waals surface area contributed by atoms with Crippen molar-refractivity contribution in [2.75, 3.05) is 26.4 Å². The molecule has 0 aromatic rings. The summed E-state index contributed by atoms with van der Waals surface area (Å²) in [7, 11) is 0. The molecule has 6 heteroatoms. The second-order valence-corrected chi connectivity index (χ2v) is 11.7. The molecule has 0 aromatic heterocycles. The van der Waals surface area contributed by atoms with Crippen molar-refractivity contribution in [2.45, 2.75) is 97.8 Å². The van der Waals surface area contributed by atoms with E-state index >= 15 is 0 Å². The minimum atomic E-state index is -0.959. The smallest absolute Gasteiger partial charge is 0.335 e. The Morgan fingerprint density at radius 3 is 2.03 bits per heavy atom. The molecular weight excluding hydrogens is 444 g/mol. The number of hydrogen-bond acceptors (Lipinski definition) is 6. The summed E-state index contributed by atoms with van der Waals surface area (Å²) in [5, 5.41) is 18.6. The molecule has 6 nitrogen and oxygen atoms in total. The van der Waals surface area contributed by atoms with E-state index in [9.17, 15) is 14.7 Å². The van der Waals surface area contributed by atoms with Gasteiger partial charge in [-0.25, -0.2) is 4.79 Å². The topological polar surface area (TPSA) is 93.1 Å². The molecule has 2 fully saturated rings. The molecule has 0 spiro atoms. The highest BCUT2D eigenvalue weighted by Gasteiger charge is 2.35. The van der Waals surface area contributed by atoms with Crippen LogP contribution in [0.3, 0.4) is 0 Å². The van der Waals surface area contributed by atoms with E-state index in [4.69, 9.17) is 14.6 Å². The van der Waals surface area contributed by atoms with Gasteiger partial charge >= 0.3 is 11.9 Å². The Balaban J connectivity index is 1.87. The summed E-state index contributed by atoms with van der Waals surface area (Å²) in [6, 6.07) is 0. The Kier molecular flexibility index (Phi) is 12.8. The Bertz CT molecular complexity index is 656. The quantitative estimate of drug-likeness (QED) is 0.189. The fourth-order valence-electron chi connectivity index (χ4n) is 5.83. The van der Waals surface area contributed by atoms with E-state index in [0.717, 1.165) is 30.6 Å². The van der Waals surface area contributed by atoms with Gasteiger partial charge < -0.3 is 19.7 Å². The number of unbranched alkanes of at least 4 members (excludes halogenated alkanes) is 2. The molecular formula is C29H50O6. The highest BCUT2D eigenvalue weighted by atomic mass is 16.5. The zero-order valence-electron chi connectivity index (χ0n) is 22.4. The largest absolute Gasteiger partial charge is 0.465 e. The third-order valence-corrected chi connectivity index (χ3v) is 8.54. The van der Waals surface area contributed by atoms with Gasteiger partial charge in [-0.1, -0.05) is 52.0 Å². The van der Waals surface area contributed by atoms with Crippen molar-refractivity contribution >= 4 is 11.9 Å². The number of aliphatic hydroxyl groups excluding tert-OH is 2. The molecule has 0 bridgehead atoms. The van der Waals surface area contributed by atoms with Crippen molar-refractivity contribution < 1.29 is 29.3 Å². The number of ether oxygens (including phenoxy) is 2. The van der Waals surface area contributed by atoms with Crippen molar-refractivity contribution in [3.63, 3.8) is 0 Å². The van der Waals surface area contributed by atoms with Crippen LogP contribution in [-0.2, 0) is 19.1 Å². The predicted molar refractivity (Wildman–Crippen MR) is 138 cm³/mol. The Morgan fingerprint density at radius 2 is 1.49 bits per heavy atom. The molecule has 1 unspecified atom stereocenters. The summed E-state index contributed by atoms with van der Waals surface area (Å²) in [5.41, 5.74) is -0.935. The lowest BCUT2D eigenvalue weighted by molar-refractivity contribution is -0.159. The molecule has 0 aliphatic heterocycles. The summed E-state index contributed by atoms with van der Waals surface area (Å²) in [5.74, 6) is 1.71. The second-order valence-electron chi connectivity index (χ2n) is 11.7. The summed E-state index contributed by atoms with van der Waals surface area (Å²) in [6.07, 6.45) is 15.4. The first-order valence-corrected chi connectivity index (χ1v) is 14.0. The predicted octanol–water partition coefficient (Wildman–Crippen LogP) is 5.45. The van der Waals surface area contributed by atoms with Crippen LogP contribution in [-0.4, -0.2) is 48.6 Å². The van der Waals surface area contributed by atoms with Crippen LogP contribution < -0.4 is 0 Å². The number of rotatable bonds is 14. The molecule has 0 radical (unpaired) electrons. The van der Waals surface area contributed by atoms with E-state index in [0.29, 0.717) is 5.92 Å². The minimum Gasteiger partial charge on any atom is -0.465 e. The van der Waals surface area contributed by atoms with Crippen LogP contribution in [0.25, 0.3) is 0 Å². The monoisotopic (exact) mass is 494 g/mol. The fourth-order valence-corrected chi connectivity index (χ4v) is 5.83. The lowest BCUT2D eigenvalue weighted by Crippen LogP contribution is -2.36. The maximum absolute atomic E-state index is 12.4. The van der Waals surface area contributed by atoms with E-state index in [-0.39, 0.29) is 31.3 Å². The van der Waals surface area contributed by atoms with Crippen LogP contribution in [0.5, 0.6) is 0 Å². The van der Waals surface area contributed by atoms with Gasteiger partial charge in [-0.05, 0) is 76.0 Å². The highest BCUT2D eigenvalue weighted by molar-refractivity contribution is 5.87. The van der Waals surface area contributed by atoms with Gasteiger partial charge in [-0.3, -0.25) is 4.79 Å². The van der Waals surface area contributed by atoms with Gasteiger partial charge in [0, 0.05) is 5.92 Å². The summed E-state index contributed by atoms with van der Waals surface area (Å²) < 4.78 is 11.0. The Labute approximate surface area is 212 Å². The molecule has 2 saturated carbocycles. The summed E-state index contributed by atoms with van der Waals surface area (Å²) in [4.78, 5) is 24.5. The molecule has 2 aliphatic rings. The van der Waals surface area contributed by atoms with Crippen LogP contribution in [0.2, 0.25) is 0 Å². The number of carbonyl (C=O) groups is 2. The molecule has 1 atom stereocenters. The zero-order chi connectivity index (χ0) is 25.8. The number of esters is 2. The molecule has 0 saturated heterocycles. The fraction of sp³-hybridized carbons (Fsp3) is 0.862. The second kappa shape index (κ2) is 15.0. The maximum atomic E-state index is 12.4. The first kappa shape index (κ1) is 29.8. The summed E-state index contributed by atoms with van der Waals surface area (Å²) in [6.45, 7) is 8.70. The minimum absolute atomic E-state index is 0.0242. The molecule has 2 N–H and O–H groups in total. The lowest BCUT2D eigenvalue weighted by atomic mass is 9.67. The van der Waals surface area contributed by atoms with Crippen LogP contribution in [0, 0.1) is 35.0 Å². The molecule has 0 heterocycles. The lowest BCUT2D eigenvalue weighted by Gasteiger charge is -2.39. The molecule has 202 valence electrons. The molecule has 2 rings (SSSR count). The molecule has 0 amide bonds. The van der Waals surface area contributed by atoms with Crippen LogP contribution in [0.1, 0.15) is 97.8 Å². The van der Waals surface area contributed by atoms with Crippen molar-refractivity contribution in [3.8, 4) is 0 Å². The van der Waals surface area contributed by atoms with Crippen LogP contribution >= 0.6 is 0 Å². The van der Waals surface area contributed by atoms with Gasteiger partial charge in [-0.15, -0.1) is 0 Å². The number of aliphatic hydroxyl groups is 2. The Morgan fingerprint density at radius 1 is 0.914 bits per heavy atom. The number of hydrogen-bond donors (Lipinski definition) is 2. The van der Waals surface area contributed by atoms with E-state index in [1.165, 1.54) is 64.2 Å². The van der Waals surface area contributed by atoms with Crippen LogP contribution in [0.4, 0.5) is 0 Å². The van der Waals surface area contributed by atoms with Crippen molar-refractivity contribution in [1.82, 2.24) is 0 Å². The van der Waals surface area contributed by atoms with Crippen molar-refractivity contribution in [1.29, 1.82) is 0 Å². The standard InChI is InChI=1S/C29H50O6/c1-5-6-7-8-22-9-11-23(12-10-22)24-13-15-25(16-14-24)26(18-34-27(32)21(2)17-30)19-35-28(33)29(3,4)20-31/h22-26,30-31H,2,5-20H2,1,3-4H3. The van der Waals surface area contributed by atoms with Gasteiger partial charge in [0.15, 0.2) is 0 Å². The maximum Gasteiger partial charge on any atom is 0.335 e. The van der Waals surface area contributed by atoms with E-state index < -0.39 is 24.0 Å². The van der Waals surface area contributed by atoms with E-state index in [1.54, 1.807) is 13.8 Å². The first-order valence-electron chi connectivity index (χ1n) is 14.0. The average molecular weight is 495 g/mol. The first-order chi connectivity index (χ1) is 16.7.